The summed E-state index contributed by atoms with van der Waals surface area (Å²) >= 11 is 1.87. The van der Waals surface area contributed by atoms with Gasteiger partial charge in [0.15, 0.2) is 5.96 Å². The first-order valence-corrected chi connectivity index (χ1v) is 9.56. The number of thioether (sulfide) groups is 1. The Balaban J connectivity index is 1.64. The van der Waals surface area contributed by atoms with E-state index in [-0.39, 0.29) is 0 Å². The third-order valence-electron chi connectivity index (χ3n) is 4.23. The minimum atomic E-state index is 0.540. The fourth-order valence-electron chi connectivity index (χ4n) is 2.80. The molecule has 1 aromatic carbocycles. The number of benzene rings is 1. The van der Waals surface area contributed by atoms with Crippen molar-refractivity contribution in [3.05, 3.63) is 30.3 Å². The summed E-state index contributed by atoms with van der Waals surface area (Å²) < 4.78 is 0. The van der Waals surface area contributed by atoms with Gasteiger partial charge in [0.1, 0.15) is 0 Å². The van der Waals surface area contributed by atoms with E-state index < -0.39 is 0 Å². The summed E-state index contributed by atoms with van der Waals surface area (Å²) in [6, 6.07) is 11.7. The highest BCUT2D eigenvalue weighted by Crippen LogP contribution is 2.16. The standard InChI is InChI=1S/C18H30N4S/c1-15(2)22-12-9-16(10-13-22)21-18(19-3)20-11-14-23-17-7-5-4-6-8-17/h4-8,15-16H,9-14H2,1-3H3,(H2,19,20,21). The van der Waals surface area contributed by atoms with E-state index in [0.29, 0.717) is 12.1 Å². The fraction of sp³-hybridized carbons (Fsp3) is 0.611. The van der Waals surface area contributed by atoms with Crippen LogP contribution in [0.2, 0.25) is 0 Å². The van der Waals surface area contributed by atoms with Crippen molar-refractivity contribution in [2.75, 3.05) is 32.4 Å². The summed E-state index contributed by atoms with van der Waals surface area (Å²) in [5, 5.41) is 6.99. The maximum absolute atomic E-state index is 4.35. The van der Waals surface area contributed by atoms with E-state index >= 15 is 0 Å². The minimum Gasteiger partial charge on any atom is -0.356 e. The second kappa shape index (κ2) is 9.83. The molecule has 128 valence electrons. The third-order valence-corrected chi connectivity index (χ3v) is 5.24. The average Bonchev–Trinajstić information content (AvgIpc) is 2.59. The maximum Gasteiger partial charge on any atom is 0.191 e. The van der Waals surface area contributed by atoms with Gasteiger partial charge < -0.3 is 15.5 Å². The molecule has 0 bridgehead atoms. The summed E-state index contributed by atoms with van der Waals surface area (Å²) in [4.78, 5) is 8.22. The lowest BCUT2D eigenvalue weighted by molar-refractivity contribution is 0.167. The second-order valence-corrected chi connectivity index (χ2v) is 7.38. The molecule has 5 heteroatoms. The van der Waals surface area contributed by atoms with Gasteiger partial charge in [0.2, 0.25) is 0 Å². The van der Waals surface area contributed by atoms with Gasteiger partial charge in [-0.15, -0.1) is 11.8 Å². The van der Waals surface area contributed by atoms with Gasteiger partial charge in [-0.3, -0.25) is 4.99 Å². The lowest BCUT2D eigenvalue weighted by Gasteiger charge is -2.35. The first-order valence-electron chi connectivity index (χ1n) is 8.58. The molecular weight excluding hydrogens is 304 g/mol. The van der Waals surface area contributed by atoms with Gasteiger partial charge in [0.25, 0.3) is 0 Å². The molecule has 1 aromatic rings. The molecule has 0 saturated carbocycles. The van der Waals surface area contributed by atoms with Gasteiger partial charge in [-0.05, 0) is 38.8 Å². The van der Waals surface area contributed by atoms with Crippen molar-refractivity contribution in [2.45, 2.75) is 43.7 Å². The topological polar surface area (TPSA) is 39.7 Å². The van der Waals surface area contributed by atoms with Crippen LogP contribution in [0.1, 0.15) is 26.7 Å². The van der Waals surface area contributed by atoms with E-state index in [1.807, 2.05) is 18.8 Å². The Morgan fingerprint density at radius 3 is 2.57 bits per heavy atom. The molecule has 23 heavy (non-hydrogen) atoms. The van der Waals surface area contributed by atoms with Crippen LogP contribution in [0.4, 0.5) is 0 Å². The van der Waals surface area contributed by atoms with Crippen LogP contribution < -0.4 is 10.6 Å². The van der Waals surface area contributed by atoms with Gasteiger partial charge >= 0.3 is 0 Å². The Morgan fingerprint density at radius 2 is 1.96 bits per heavy atom. The zero-order valence-corrected chi connectivity index (χ0v) is 15.4. The third kappa shape index (κ3) is 6.43. The molecular formula is C18H30N4S. The van der Waals surface area contributed by atoms with Crippen LogP contribution in [-0.2, 0) is 0 Å². The minimum absolute atomic E-state index is 0.540. The molecule has 1 saturated heterocycles. The predicted molar refractivity (Wildman–Crippen MR) is 101 cm³/mol. The molecule has 2 rings (SSSR count). The highest BCUT2D eigenvalue weighted by Gasteiger charge is 2.21. The normalized spacial score (nSPS) is 17.5. The number of piperidine rings is 1. The van der Waals surface area contributed by atoms with E-state index in [2.05, 4.69) is 64.7 Å². The van der Waals surface area contributed by atoms with Gasteiger partial charge in [-0.25, -0.2) is 0 Å². The van der Waals surface area contributed by atoms with Crippen LogP contribution in [0.3, 0.4) is 0 Å². The van der Waals surface area contributed by atoms with Crippen molar-refractivity contribution in [1.82, 2.24) is 15.5 Å². The zero-order valence-electron chi connectivity index (χ0n) is 14.6. The number of likely N-dealkylation sites (tertiary alicyclic amines) is 1. The molecule has 1 fully saturated rings. The van der Waals surface area contributed by atoms with Crippen LogP contribution in [0.25, 0.3) is 0 Å². The summed E-state index contributed by atoms with van der Waals surface area (Å²) in [5.74, 6) is 1.97. The quantitative estimate of drug-likeness (QED) is 0.363. The molecule has 0 radical (unpaired) electrons. The van der Waals surface area contributed by atoms with Crippen molar-refractivity contribution >= 4 is 17.7 Å². The molecule has 1 aliphatic heterocycles. The molecule has 0 aliphatic carbocycles. The Labute approximate surface area is 145 Å². The lowest BCUT2D eigenvalue weighted by atomic mass is 10.0. The van der Waals surface area contributed by atoms with Crippen molar-refractivity contribution in [3.8, 4) is 0 Å². The summed E-state index contributed by atoms with van der Waals surface area (Å²) in [7, 11) is 1.85. The first-order chi connectivity index (χ1) is 11.2. The van der Waals surface area contributed by atoms with Crippen LogP contribution in [0.5, 0.6) is 0 Å². The molecule has 4 nitrogen and oxygen atoms in total. The van der Waals surface area contributed by atoms with Crippen molar-refractivity contribution in [3.63, 3.8) is 0 Å². The summed E-state index contributed by atoms with van der Waals surface area (Å²) in [5.41, 5.74) is 0. The number of guanidine groups is 1. The van der Waals surface area contributed by atoms with Crippen LogP contribution in [-0.4, -0.2) is 55.4 Å². The Hall–Kier alpha value is -1.20. The van der Waals surface area contributed by atoms with Gasteiger partial charge in [-0.2, -0.15) is 0 Å². The SMILES string of the molecule is CN=C(NCCSc1ccccc1)NC1CCN(C(C)C)CC1. The van der Waals surface area contributed by atoms with Crippen molar-refractivity contribution in [1.29, 1.82) is 0 Å². The number of nitrogens with one attached hydrogen (secondary N) is 2. The van der Waals surface area contributed by atoms with Gasteiger partial charge in [-0.1, -0.05) is 18.2 Å². The number of rotatable bonds is 6. The monoisotopic (exact) mass is 334 g/mol. The number of aliphatic imine (C=N–C) groups is 1. The van der Waals surface area contributed by atoms with E-state index in [1.54, 1.807) is 0 Å². The van der Waals surface area contributed by atoms with Crippen molar-refractivity contribution in [2.24, 2.45) is 4.99 Å². The molecule has 0 atom stereocenters. The van der Waals surface area contributed by atoms with E-state index in [0.717, 1.165) is 18.3 Å². The Bertz CT molecular complexity index is 467. The van der Waals surface area contributed by atoms with Crippen molar-refractivity contribution < 1.29 is 0 Å². The predicted octanol–water partition coefficient (Wildman–Crippen LogP) is 2.82. The van der Waals surface area contributed by atoms with E-state index in [4.69, 9.17) is 0 Å². The summed E-state index contributed by atoms with van der Waals surface area (Å²) in [6.07, 6.45) is 2.38. The molecule has 1 heterocycles. The first kappa shape index (κ1) is 18.1. The maximum atomic E-state index is 4.35. The second-order valence-electron chi connectivity index (χ2n) is 6.21. The number of hydrogen-bond donors (Lipinski definition) is 2. The highest BCUT2D eigenvalue weighted by atomic mass is 32.2. The van der Waals surface area contributed by atoms with Crippen LogP contribution in [0.15, 0.2) is 40.2 Å². The summed E-state index contributed by atoms with van der Waals surface area (Å²) in [6.45, 7) is 7.83. The Morgan fingerprint density at radius 1 is 1.26 bits per heavy atom. The Kier molecular flexibility index (Phi) is 7.76. The van der Waals surface area contributed by atoms with Gasteiger partial charge in [0.05, 0.1) is 0 Å². The zero-order chi connectivity index (χ0) is 16.5. The lowest BCUT2D eigenvalue weighted by Crippen LogP contribution is -2.50. The molecule has 0 amide bonds. The molecule has 0 unspecified atom stereocenters. The highest BCUT2D eigenvalue weighted by molar-refractivity contribution is 7.99. The fourth-order valence-corrected chi connectivity index (χ4v) is 3.59. The van der Waals surface area contributed by atoms with Gasteiger partial charge in [0, 0.05) is 49.4 Å². The molecule has 0 spiro atoms. The number of nitrogens with zero attached hydrogens (tertiary/aromatic N) is 2. The van der Waals surface area contributed by atoms with Crippen LogP contribution in [0, 0.1) is 0 Å². The largest absolute Gasteiger partial charge is 0.356 e. The van der Waals surface area contributed by atoms with E-state index in [9.17, 15) is 0 Å². The molecule has 0 aromatic heterocycles. The number of hydrogen-bond acceptors (Lipinski definition) is 3. The average molecular weight is 335 g/mol. The molecule has 2 N–H and O–H groups in total. The smallest absolute Gasteiger partial charge is 0.191 e. The van der Waals surface area contributed by atoms with Crippen LogP contribution >= 0.6 is 11.8 Å². The van der Waals surface area contributed by atoms with E-state index in [1.165, 1.54) is 30.8 Å². The molecule has 1 aliphatic rings.